The smallest absolute Gasteiger partial charge is 0.255 e. The summed E-state index contributed by atoms with van der Waals surface area (Å²) in [4.78, 5) is 19.6. The molecule has 6 heteroatoms. The second-order valence-corrected chi connectivity index (χ2v) is 8.49. The molecule has 2 aromatic carbocycles. The number of nitrogens with zero attached hydrogens (tertiary/aromatic N) is 2. The van der Waals surface area contributed by atoms with Crippen molar-refractivity contribution in [3.63, 3.8) is 0 Å². The maximum atomic E-state index is 12.7. The van der Waals surface area contributed by atoms with Gasteiger partial charge in [0.15, 0.2) is 11.5 Å². The van der Waals surface area contributed by atoms with E-state index in [2.05, 4.69) is 29.0 Å². The molecule has 0 radical (unpaired) electrons. The lowest BCUT2D eigenvalue weighted by Gasteiger charge is -2.35. The van der Waals surface area contributed by atoms with Crippen LogP contribution in [0.25, 0.3) is 11.1 Å². The molecule has 0 saturated carbocycles. The van der Waals surface area contributed by atoms with Crippen LogP contribution in [0.5, 0.6) is 0 Å². The zero-order chi connectivity index (χ0) is 21.3. The lowest BCUT2D eigenvalue weighted by molar-refractivity contribution is -0.0704. The van der Waals surface area contributed by atoms with E-state index in [9.17, 15) is 4.79 Å². The molecule has 0 spiro atoms. The van der Waals surface area contributed by atoms with Crippen molar-refractivity contribution in [2.24, 2.45) is 0 Å². The van der Waals surface area contributed by atoms with E-state index >= 15 is 0 Å². The molecule has 2 heterocycles. The number of fused-ring (bicyclic) bond motifs is 1. The predicted octanol–water partition coefficient (Wildman–Crippen LogP) is 4.81. The van der Waals surface area contributed by atoms with Gasteiger partial charge in [-0.05, 0) is 49.7 Å². The highest BCUT2D eigenvalue weighted by Gasteiger charge is 2.22. The largest absolute Gasteiger partial charge is 0.440 e. The van der Waals surface area contributed by atoms with Crippen LogP contribution in [-0.4, -0.2) is 41.1 Å². The summed E-state index contributed by atoms with van der Waals surface area (Å²) in [6.07, 6.45) is 0.495. The van der Waals surface area contributed by atoms with E-state index in [0.29, 0.717) is 17.1 Å². The Balaban J connectivity index is 1.40. The van der Waals surface area contributed by atoms with Gasteiger partial charge in [-0.15, -0.1) is 0 Å². The normalized spacial score (nSPS) is 20.0. The van der Waals surface area contributed by atoms with Crippen LogP contribution >= 0.6 is 0 Å². The minimum Gasteiger partial charge on any atom is -0.440 e. The molecule has 158 valence electrons. The molecule has 1 N–H and O–H groups in total. The standard InChI is InChI=1S/C24H29N3O3/c1-15(2)24-26-21-11-20(9-10-22(21)30-24)25-23(28)19-7-5-18(6-8-19)14-27-12-16(3)29-17(4)13-27/h5-11,15-17H,12-14H2,1-4H3,(H,25,28). The highest BCUT2D eigenvalue weighted by atomic mass is 16.5. The maximum absolute atomic E-state index is 12.7. The SMILES string of the molecule is CC1CN(Cc2ccc(C(=O)Nc3ccc4oc(C(C)C)nc4c3)cc2)CC(C)O1. The summed E-state index contributed by atoms with van der Waals surface area (Å²) >= 11 is 0. The van der Waals surface area contributed by atoms with E-state index in [0.717, 1.165) is 30.7 Å². The summed E-state index contributed by atoms with van der Waals surface area (Å²) in [6.45, 7) is 11.0. The first-order chi connectivity index (χ1) is 14.4. The second-order valence-electron chi connectivity index (χ2n) is 8.49. The summed E-state index contributed by atoms with van der Waals surface area (Å²) in [6, 6.07) is 13.3. The maximum Gasteiger partial charge on any atom is 0.255 e. The molecular weight excluding hydrogens is 378 g/mol. The molecule has 4 rings (SSSR count). The number of carbonyl (C=O) groups excluding carboxylic acids is 1. The van der Waals surface area contributed by atoms with E-state index in [1.807, 2.05) is 56.3 Å². The monoisotopic (exact) mass is 407 g/mol. The second kappa shape index (κ2) is 8.58. The fourth-order valence-electron chi connectivity index (χ4n) is 3.91. The van der Waals surface area contributed by atoms with Crippen LogP contribution in [0.4, 0.5) is 5.69 Å². The number of oxazole rings is 1. The Labute approximate surface area is 177 Å². The van der Waals surface area contributed by atoms with Crippen LogP contribution < -0.4 is 5.32 Å². The van der Waals surface area contributed by atoms with Gasteiger partial charge in [0.05, 0.1) is 12.2 Å². The van der Waals surface area contributed by atoms with E-state index in [4.69, 9.17) is 9.15 Å². The Kier molecular flexibility index (Phi) is 5.88. The number of ether oxygens (including phenoxy) is 1. The van der Waals surface area contributed by atoms with Crippen molar-refractivity contribution in [1.29, 1.82) is 0 Å². The zero-order valence-electron chi connectivity index (χ0n) is 18.0. The number of rotatable bonds is 5. The molecule has 0 bridgehead atoms. The van der Waals surface area contributed by atoms with Crippen molar-refractivity contribution >= 4 is 22.7 Å². The van der Waals surface area contributed by atoms with Crippen LogP contribution in [0.1, 0.15) is 55.4 Å². The number of amides is 1. The minimum atomic E-state index is -0.137. The van der Waals surface area contributed by atoms with Gasteiger partial charge in [-0.25, -0.2) is 4.98 Å². The summed E-state index contributed by atoms with van der Waals surface area (Å²) in [5.41, 5.74) is 4.01. The molecule has 1 aromatic heterocycles. The number of benzene rings is 2. The van der Waals surface area contributed by atoms with Crippen LogP contribution in [0.2, 0.25) is 0 Å². The third kappa shape index (κ3) is 4.71. The molecule has 2 atom stereocenters. The van der Waals surface area contributed by atoms with Crippen LogP contribution in [0, 0.1) is 0 Å². The van der Waals surface area contributed by atoms with Crippen LogP contribution in [-0.2, 0) is 11.3 Å². The van der Waals surface area contributed by atoms with Crippen molar-refractivity contribution in [2.75, 3.05) is 18.4 Å². The fraction of sp³-hybridized carbons (Fsp3) is 0.417. The molecule has 1 aliphatic rings. The molecule has 1 aliphatic heterocycles. The van der Waals surface area contributed by atoms with Gasteiger partial charge in [-0.1, -0.05) is 26.0 Å². The van der Waals surface area contributed by atoms with Crippen molar-refractivity contribution in [3.8, 4) is 0 Å². The van der Waals surface area contributed by atoms with E-state index in [-0.39, 0.29) is 24.0 Å². The van der Waals surface area contributed by atoms with E-state index in [1.54, 1.807) is 0 Å². The zero-order valence-corrected chi connectivity index (χ0v) is 18.0. The molecule has 2 unspecified atom stereocenters. The number of aromatic nitrogens is 1. The molecule has 0 aliphatic carbocycles. The average Bonchev–Trinajstić information content (AvgIpc) is 3.11. The minimum absolute atomic E-state index is 0.137. The first-order valence-corrected chi connectivity index (χ1v) is 10.6. The third-order valence-corrected chi connectivity index (χ3v) is 5.27. The molecule has 1 fully saturated rings. The highest BCUT2D eigenvalue weighted by Crippen LogP contribution is 2.24. The van der Waals surface area contributed by atoms with Gasteiger partial charge < -0.3 is 14.5 Å². The highest BCUT2D eigenvalue weighted by molar-refractivity contribution is 6.04. The fourth-order valence-corrected chi connectivity index (χ4v) is 3.91. The van der Waals surface area contributed by atoms with E-state index in [1.165, 1.54) is 5.56 Å². The van der Waals surface area contributed by atoms with Crippen molar-refractivity contribution in [2.45, 2.75) is 52.4 Å². The average molecular weight is 408 g/mol. The Hall–Kier alpha value is -2.70. The van der Waals surface area contributed by atoms with Gasteiger partial charge >= 0.3 is 0 Å². The summed E-state index contributed by atoms with van der Waals surface area (Å²) < 4.78 is 11.5. The Morgan fingerprint density at radius 2 is 1.83 bits per heavy atom. The number of hydrogen-bond acceptors (Lipinski definition) is 5. The Bertz CT molecular complexity index is 1020. The number of anilines is 1. The van der Waals surface area contributed by atoms with Gasteiger partial charge in [-0.3, -0.25) is 9.69 Å². The summed E-state index contributed by atoms with van der Waals surface area (Å²) in [5.74, 6) is 0.785. The lowest BCUT2D eigenvalue weighted by atomic mass is 10.1. The number of morpholine rings is 1. The molecule has 1 saturated heterocycles. The van der Waals surface area contributed by atoms with Crippen molar-refractivity contribution in [3.05, 3.63) is 59.5 Å². The van der Waals surface area contributed by atoms with Gasteiger partial charge in [0, 0.05) is 36.8 Å². The number of carbonyl (C=O) groups is 1. The molecule has 1 amide bonds. The lowest BCUT2D eigenvalue weighted by Crippen LogP contribution is -2.44. The quantitative estimate of drug-likeness (QED) is 0.657. The summed E-state index contributed by atoms with van der Waals surface area (Å²) in [5, 5.41) is 2.95. The molecule has 6 nitrogen and oxygen atoms in total. The van der Waals surface area contributed by atoms with Gasteiger partial charge in [-0.2, -0.15) is 0 Å². The number of hydrogen-bond donors (Lipinski definition) is 1. The first-order valence-electron chi connectivity index (χ1n) is 10.6. The Morgan fingerprint density at radius 3 is 2.50 bits per heavy atom. The predicted molar refractivity (Wildman–Crippen MR) is 118 cm³/mol. The van der Waals surface area contributed by atoms with Crippen molar-refractivity contribution < 1.29 is 13.9 Å². The Morgan fingerprint density at radius 1 is 1.13 bits per heavy atom. The van der Waals surface area contributed by atoms with Gasteiger partial charge in [0.25, 0.3) is 5.91 Å². The number of nitrogens with one attached hydrogen (secondary N) is 1. The molecular formula is C24H29N3O3. The van der Waals surface area contributed by atoms with Gasteiger partial charge in [0.1, 0.15) is 5.52 Å². The van der Waals surface area contributed by atoms with Crippen LogP contribution in [0.15, 0.2) is 46.9 Å². The topological polar surface area (TPSA) is 67.6 Å². The van der Waals surface area contributed by atoms with E-state index < -0.39 is 0 Å². The first kappa shape index (κ1) is 20.6. The van der Waals surface area contributed by atoms with Crippen molar-refractivity contribution in [1.82, 2.24) is 9.88 Å². The molecule has 30 heavy (non-hydrogen) atoms. The van der Waals surface area contributed by atoms with Gasteiger partial charge in [0.2, 0.25) is 0 Å². The van der Waals surface area contributed by atoms with Crippen LogP contribution in [0.3, 0.4) is 0 Å². The summed E-state index contributed by atoms with van der Waals surface area (Å²) in [7, 11) is 0. The molecule has 3 aromatic rings. The third-order valence-electron chi connectivity index (χ3n) is 5.27.